The Kier molecular flexibility index (Phi) is 3.98. The second-order valence-corrected chi connectivity index (χ2v) is 4.46. The van der Waals surface area contributed by atoms with Gasteiger partial charge in [0.1, 0.15) is 0 Å². The van der Waals surface area contributed by atoms with E-state index < -0.39 is 0 Å². The van der Waals surface area contributed by atoms with Crippen LogP contribution in [0.2, 0.25) is 0 Å². The first-order chi connectivity index (χ1) is 5.34. The number of nitrogens with zero attached hydrogens (tertiary/aromatic N) is 1. The molecule has 2 atom stereocenters. The van der Waals surface area contributed by atoms with Gasteiger partial charge in [-0.05, 0) is 12.3 Å². The van der Waals surface area contributed by atoms with E-state index in [-0.39, 0.29) is 0 Å². The van der Waals surface area contributed by atoms with Crippen molar-refractivity contribution in [1.82, 2.24) is 0 Å². The predicted molar refractivity (Wildman–Crippen MR) is 53.7 cm³/mol. The highest BCUT2D eigenvalue weighted by Gasteiger charge is 2.17. The zero-order chi connectivity index (χ0) is 8.10. The molecule has 0 fully saturated rings. The van der Waals surface area contributed by atoms with Gasteiger partial charge in [-0.3, -0.25) is 4.99 Å². The fourth-order valence-corrected chi connectivity index (χ4v) is 2.53. The summed E-state index contributed by atoms with van der Waals surface area (Å²) in [5.74, 6) is 1.97. The Morgan fingerprint density at radius 1 is 1.73 bits per heavy atom. The molecule has 0 radical (unpaired) electrons. The molecule has 0 aromatic carbocycles. The highest BCUT2D eigenvalue weighted by Crippen LogP contribution is 2.24. The Hall–Kier alpha value is 0.0200. The quantitative estimate of drug-likeness (QED) is 0.636. The van der Waals surface area contributed by atoms with Gasteiger partial charge in [0.05, 0.1) is 6.54 Å². The van der Waals surface area contributed by atoms with Gasteiger partial charge in [-0.1, -0.05) is 20.3 Å². The second kappa shape index (κ2) is 4.81. The van der Waals surface area contributed by atoms with Gasteiger partial charge in [-0.25, -0.2) is 0 Å². The molecular formula is C9H17NS. The SMILES string of the molecule is CCCC(C)C1CN=CCS1. The molecule has 1 nitrogen and oxygen atoms in total. The van der Waals surface area contributed by atoms with Crippen LogP contribution in [-0.4, -0.2) is 23.8 Å². The van der Waals surface area contributed by atoms with E-state index in [2.05, 4.69) is 30.6 Å². The molecule has 2 unspecified atom stereocenters. The monoisotopic (exact) mass is 171 g/mol. The summed E-state index contributed by atoms with van der Waals surface area (Å²) in [5.41, 5.74) is 0. The van der Waals surface area contributed by atoms with Gasteiger partial charge in [0, 0.05) is 17.2 Å². The summed E-state index contributed by atoms with van der Waals surface area (Å²) in [6.45, 7) is 5.65. The Labute approximate surface area is 73.7 Å². The van der Waals surface area contributed by atoms with Crippen molar-refractivity contribution in [1.29, 1.82) is 0 Å². The molecule has 1 rings (SSSR count). The van der Waals surface area contributed by atoms with Gasteiger partial charge < -0.3 is 0 Å². The van der Waals surface area contributed by atoms with Gasteiger partial charge in [0.25, 0.3) is 0 Å². The molecular weight excluding hydrogens is 154 g/mol. The maximum absolute atomic E-state index is 4.32. The molecule has 1 aliphatic heterocycles. The molecule has 0 aromatic rings. The molecule has 0 saturated carbocycles. The molecule has 0 amide bonds. The van der Waals surface area contributed by atoms with Crippen LogP contribution in [0.4, 0.5) is 0 Å². The van der Waals surface area contributed by atoms with Crippen molar-refractivity contribution in [3.05, 3.63) is 0 Å². The Balaban J connectivity index is 2.28. The molecule has 0 N–H and O–H groups in total. The van der Waals surface area contributed by atoms with Crippen LogP contribution in [0.15, 0.2) is 4.99 Å². The van der Waals surface area contributed by atoms with E-state index in [1.807, 2.05) is 6.21 Å². The lowest BCUT2D eigenvalue weighted by Gasteiger charge is -2.23. The first kappa shape index (κ1) is 9.11. The average Bonchev–Trinajstić information content (AvgIpc) is 2.07. The van der Waals surface area contributed by atoms with Crippen LogP contribution in [0.5, 0.6) is 0 Å². The van der Waals surface area contributed by atoms with Gasteiger partial charge in [-0.15, -0.1) is 0 Å². The van der Waals surface area contributed by atoms with Crippen molar-refractivity contribution in [2.24, 2.45) is 10.9 Å². The topological polar surface area (TPSA) is 12.4 Å². The Morgan fingerprint density at radius 3 is 3.09 bits per heavy atom. The summed E-state index contributed by atoms with van der Waals surface area (Å²) in [6, 6.07) is 0. The minimum absolute atomic E-state index is 0.792. The van der Waals surface area contributed by atoms with Crippen LogP contribution in [0.3, 0.4) is 0 Å². The first-order valence-electron chi connectivity index (χ1n) is 4.44. The standard InChI is InChI=1S/C9H17NS/c1-3-4-8(2)9-7-10-5-6-11-9/h5,8-9H,3-4,6-7H2,1-2H3. The molecule has 0 bridgehead atoms. The highest BCUT2D eigenvalue weighted by atomic mass is 32.2. The van der Waals surface area contributed by atoms with Crippen LogP contribution in [-0.2, 0) is 0 Å². The number of thioether (sulfide) groups is 1. The van der Waals surface area contributed by atoms with Crippen LogP contribution >= 0.6 is 11.8 Å². The third-order valence-electron chi connectivity index (χ3n) is 2.18. The number of aliphatic imine (C=N–C) groups is 1. The molecule has 11 heavy (non-hydrogen) atoms. The lowest BCUT2D eigenvalue weighted by molar-refractivity contribution is 0.505. The van der Waals surface area contributed by atoms with Crippen molar-refractivity contribution in [2.45, 2.75) is 31.9 Å². The van der Waals surface area contributed by atoms with Crippen molar-refractivity contribution in [3.63, 3.8) is 0 Å². The van der Waals surface area contributed by atoms with Crippen LogP contribution < -0.4 is 0 Å². The molecule has 2 heteroatoms. The van der Waals surface area contributed by atoms with E-state index in [0.29, 0.717) is 0 Å². The van der Waals surface area contributed by atoms with E-state index >= 15 is 0 Å². The average molecular weight is 171 g/mol. The largest absolute Gasteiger partial charge is 0.295 e. The van der Waals surface area contributed by atoms with E-state index in [1.165, 1.54) is 12.8 Å². The molecule has 0 aliphatic carbocycles. The summed E-state index contributed by atoms with van der Waals surface area (Å²) in [7, 11) is 0. The van der Waals surface area contributed by atoms with Crippen LogP contribution in [0, 0.1) is 5.92 Å². The third kappa shape index (κ3) is 2.86. The minimum atomic E-state index is 0.792. The fourth-order valence-electron chi connectivity index (χ4n) is 1.44. The van der Waals surface area contributed by atoms with Crippen molar-refractivity contribution in [3.8, 4) is 0 Å². The minimum Gasteiger partial charge on any atom is -0.295 e. The third-order valence-corrected chi connectivity index (χ3v) is 3.56. The molecule has 0 spiro atoms. The van der Waals surface area contributed by atoms with Gasteiger partial charge in [-0.2, -0.15) is 11.8 Å². The zero-order valence-corrected chi connectivity index (χ0v) is 8.23. The summed E-state index contributed by atoms with van der Waals surface area (Å²) in [4.78, 5) is 4.32. The maximum atomic E-state index is 4.32. The van der Waals surface area contributed by atoms with E-state index in [9.17, 15) is 0 Å². The summed E-state index contributed by atoms with van der Waals surface area (Å²) in [6.07, 6.45) is 4.70. The van der Waals surface area contributed by atoms with E-state index in [1.54, 1.807) is 0 Å². The molecule has 0 aromatic heterocycles. The maximum Gasteiger partial charge on any atom is 0.0507 e. The summed E-state index contributed by atoms with van der Waals surface area (Å²) in [5, 5.41) is 0.792. The zero-order valence-electron chi connectivity index (χ0n) is 7.42. The lowest BCUT2D eigenvalue weighted by atomic mass is 10.0. The summed E-state index contributed by atoms with van der Waals surface area (Å²) >= 11 is 2.06. The molecule has 1 aliphatic rings. The van der Waals surface area contributed by atoms with Crippen molar-refractivity contribution >= 4 is 18.0 Å². The number of hydrogen-bond donors (Lipinski definition) is 0. The number of rotatable bonds is 3. The van der Waals surface area contributed by atoms with E-state index in [0.717, 1.165) is 23.5 Å². The fraction of sp³-hybridized carbons (Fsp3) is 0.889. The number of hydrogen-bond acceptors (Lipinski definition) is 2. The smallest absolute Gasteiger partial charge is 0.0507 e. The van der Waals surface area contributed by atoms with Crippen molar-refractivity contribution in [2.75, 3.05) is 12.3 Å². The van der Waals surface area contributed by atoms with Crippen LogP contribution in [0.1, 0.15) is 26.7 Å². The predicted octanol–water partition coefficient (Wildman–Crippen LogP) is 2.61. The molecule has 1 heterocycles. The normalized spacial score (nSPS) is 26.9. The molecule has 64 valence electrons. The summed E-state index contributed by atoms with van der Waals surface area (Å²) < 4.78 is 0. The van der Waals surface area contributed by atoms with Gasteiger partial charge >= 0.3 is 0 Å². The van der Waals surface area contributed by atoms with Gasteiger partial charge in [0.15, 0.2) is 0 Å². The van der Waals surface area contributed by atoms with Crippen molar-refractivity contribution < 1.29 is 0 Å². The molecule has 0 saturated heterocycles. The first-order valence-corrected chi connectivity index (χ1v) is 5.49. The Bertz CT molecular complexity index is 134. The van der Waals surface area contributed by atoms with Crippen LogP contribution in [0.25, 0.3) is 0 Å². The lowest BCUT2D eigenvalue weighted by Crippen LogP contribution is -2.21. The second-order valence-electron chi connectivity index (χ2n) is 3.19. The highest BCUT2D eigenvalue weighted by molar-refractivity contribution is 8.00. The Morgan fingerprint density at radius 2 is 2.55 bits per heavy atom. The van der Waals surface area contributed by atoms with Gasteiger partial charge in [0.2, 0.25) is 0 Å². The van der Waals surface area contributed by atoms with E-state index in [4.69, 9.17) is 0 Å².